The van der Waals surface area contributed by atoms with Crippen molar-refractivity contribution in [1.82, 2.24) is 0 Å². The largest absolute Gasteiger partial charge is 0.862 e. The van der Waals surface area contributed by atoms with Gasteiger partial charge in [-0.2, -0.15) is 0 Å². The zero-order chi connectivity index (χ0) is 7.65. The second-order valence-corrected chi connectivity index (χ2v) is 2.28. The third-order valence-electron chi connectivity index (χ3n) is 1.14. The minimum atomic E-state index is -1.44. The summed E-state index contributed by atoms with van der Waals surface area (Å²) in [5, 5.41) is 33.5. The Morgan fingerprint density at radius 2 is 1.18 bits per heavy atom. The highest BCUT2D eigenvalue weighted by Crippen LogP contribution is 2.11. The van der Waals surface area contributed by atoms with E-state index in [0.29, 0.717) is 0 Å². The molecule has 2 N–H and O–H groups in total. The average molecular weight is 201 g/mol. The Balaban J connectivity index is -0.000000320. The standard InChI is InChI=1S/C5H10N2O2.2ClH/c1-5(2,3(6)8)4(7)9;;/h1-2H3,(H2,6,8)(H2,7,9);2*1H/p-2. The molecule has 4 nitrogen and oxygen atoms in total. The van der Waals surface area contributed by atoms with E-state index in [0.717, 1.165) is 0 Å². The van der Waals surface area contributed by atoms with Gasteiger partial charge in [-0.15, -0.1) is 24.8 Å². The van der Waals surface area contributed by atoms with E-state index in [-0.39, 0.29) is 24.8 Å². The first-order valence-corrected chi connectivity index (χ1v) is 2.41. The van der Waals surface area contributed by atoms with E-state index in [2.05, 4.69) is 0 Å². The fourth-order valence-electron chi connectivity index (χ4n) is 0.103. The molecule has 0 fully saturated rings. The summed E-state index contributed by atoms with van der Waals surface area (Å²) in [6, 6.07) is 0. The van der Waals surface area contributed by atoms with Crippen LogP contribution in [-0.4, -0.2) is 11.8 Å². The van der Waals surface area contributed by atoms with Gasteiger partial charge in [-0.3, -0.25) is 0 Å². The smallest absolute Gasteiger partial charge is 0.0195 e. The summed E-state index contributed by atoms with van der Waals surface area (Å²) in [7, 11) is 0. The van der Waals surface area contributed by atoms with Gasteiger partial charge < -0.3 is 21.0 Å². The molecule has 0 bridgehead atoms. The van der Waals surface area contributed by atoms with Gasteiger partial charge in [-0.1, -0.05) is 13.8 Å². The van der Waals surface area contributed by atoms with Crippen LogP contribution >= 0.6 is 24.8 Å². The molecule has 0 saturated carbocycles. The van der Waals surface area contributed by atoms with Crippen molar-refractivity contribution < 1.29 is 10.2 Å². The van der Waals surface area contributed by atoms with Crippen molar-refractivity contribution in [2.75, 3.05) is 0 Å². The molecule has 0 rings (SSSR count). The molecule has 0 aromatic heterocycles. The van der Waals surface area contributed by atoms with Gasteiger partial charge in [0.2, 0.25) is 0 Å². The monoisotopic (exact) mass is 200 g/mol. The van der Waals surface area contributed by atoms with Gasteiger partial charge in [-0.05, 0) is 11.8 Å². The number of halogens is 2. The molecule has 0 aliphatic rings. The van der Waals surface area contributed by atoms with Crippen LogP contribution in [0.2, 0.25) is 0 Å². The van der Waals surface area contributed by atoms with E-state index in [1.54, 1.807) is 0 Å². The molecule has 0 atom stereocenters. The van der Waals surface area contributed by atoms with Gasteiger partial charge in [0, 0.05) is 5.41 Å². The van der Waals surface area contributed by atoms with Crippen LogP contribution in [0.1, 0.15) is 13.8 Å². The van der Waals surface area contributed by atoms with E-state index >= 15 is 0 Å². The number of rotatable bonds is 2. The molecular formula is C5H10Cl2N2O2-2. The van der Waals surface area contributed by atoms with Crippen molar-refractivity contribution in [3.63, 3.8) is 0 Å². The molecule has 0 heterocycles. The molecule has 0 radical (unpaired) electrons. The van der Waals surface area contributed by atoms with Crippen molar-refractivity contribution in [1.29, 1.82) is 10.8 Å². The summed E-state index contributed by atoms with van der Waals surface area (Å²) in [5.41, 5.74) is -1.44. The third kappa shape index (κ3) is 4.06. The summed E-state index contributed by atoms with van der Waals surface area (Å²) in [5.74, 6) is -2.02. The maximum Gasteiger partial charge on any atom is 0.0195 e. The molecule has 0 aliphatic carbocycles. The van der Waals surface area contributed by atoms with Crippen LogP contribution in [0.4, 0.5) is 0 Å². The first kappa shape index (κ1) is 16.9. The lowest BCUT2D eigenvalue weighted by molar-refractivity contribution is -0.250. The Morgan fingerprint density at radius 1 is 1.00 bits per heavy atom. The quantitative estimate of drug-likeness (QED) is 0.466. The Morgan fingerprint density at radius 3 is 1.18 bits per heavy atom. The lowest BCUT2D eigenvalue weighted by Crippen LogP contribution is -2.45. The molecule has 0 aromatic carbocycles. The van der Waals surface area contributed by atoms with Crippen LogP contribution in [0.5, 0.6) is 0 Å². The van der Waals surface area contributed by atoms with Crippen molar-refractivity contribution >= 4 is 36.6 Å². The van der Waals surface area contributed by atoms with Gasteiger partial charge in [-0.25, -0.2) is 0 Å². The molecule has 0 unspecified atom stereocenters. The summed E-state index contributed by atoms with van der Waals surface area (Å²) in [6.45, 7) is 2.52. The predicted molar refractivity (Wildman–Crippen MR) is 43.7 cm³/mol. The number of nitrogens with one attached hydrogen (secondary N) is 2. The maximum absolute atomic E-state index is 10.2. The van der Waals surface area contributed by atoms with Crippen LogP contribution < -0.4 is 10.2 Å². The Kier molecular flexibility index (Phi) is 7.98. The fraction of sp³-hybridized carbons (Fsp3) is 0.600. The van der Waals surface area contributed by atoms with E-state index in [4.69, 9.17) is 10.8 Å². The molecule has 68 valence electrons. The Labute approximate surface area is 77.5 Å². The summed E-state index contributed by atoms with van der Waals surface area (Å²) < 4.78 is 0. The predicted octanol–water partition coefficient (Wildman–Crippen LogP) is -0.469. The molecule has 0 aliphatic heterocycles. The minimum absolute atomic E-state index is 0. The first-order valence-electron chi connectivity index (χ1n) is 2.41. The normalized spacial score (nSPS) is 8.91. The average Bonchev–Trinajstić information content (AvgIpc) is 1.65. The highest BCUT2D eigenvalue weighted by atomic mass is 35.5. The lowest BCUT2D eigenvalue weighted by Gasteiger charge is -2.33. The van der Waals surface area contributed by atoms with Crippen LogP contribution in [0.15, 0.2) is 0 Å². The second-order valence-electron chi connectivity index (χ2n) is 2.28. The Hall–Kier alpha value is -0.480. The fourth-order valence-corrected chi connectivity index (χ4v) is 0.103. The van der Waals surface area contributed by atoms with Gasteiger partial charge in [0.15, 0.2) is 0 Å². The van der Waals surface area contributed by atoms with Gasteiger partial charge in [0.1, 0.15) is 0 Å². The molecular weight excluding hydrogens is 191 g/mol. The van der Waals surface area contributed by atoms with Crippen LogP contribution in [-0.2, 0) is 0 Å². The van der Waals surface area contributed by atoms with Gasteiger partial charge in [0.05, 0.1) is 0 Å². The van der Waals surface area contributed by atoms with Gasteiger partial charge in [0.25, 0.3) is 0 Å². The third-order valence-corrected chi connectivity index (χ3v) is 1.14. The van der Waals surface area contributed by atoms with Crippen LogP contribution in [0.25, 0.3) is 0 Å². The second kappa shape index (κ2) is 5.21. The van der Waals surface area contributed by atoms with E-state index in [1.807, 2.05) is 0 Å². The van der Waals surface area contributed by atoms with E-state index in [9.17, 15) is 10.2 Å². The molecule has 11 heavy (non-hydrogen) atoms. The maximum atomic E-state index is 10.2. The molecule has 0 aromatic rings. The molecule has 0 saturated heterocycles. The van der Waals surface area contributed by atoms with Gasteiger partial charge >= 0.3 is 0 Å². The topological polar surface area (TPSA) is 93.8 Å². The minimum Gasteiger partial charge on any atom is -0.862 e. The Bertz CT molecular complexity index is 143. The van der Waals surface area contributed by atoms with Crippen molar-refractivity contribution in [2.45, 2.75) is 13.8 Å². The number of hydrogen-bond donors (Lipinski definition) is 2. The molecule has 0 spiro atoms. The molecule has 6 heteroatoms. The molecule has 0 amide bonds. The highest BCUT2D eigenvalue weighted by Gasteiger charge is 2.15. The number of hydrogen-bond acceptors (Lipinski definition) is 4. The van der Waals surface area contributed by atoms with Crippen LogP contribution in [0, 0.1) is 16.2 Å². The SMILES string of the molecule is CC(C)(C(=N)[O-])C(=N)[O-].Cl.Cl. The van der Waals surface area contributed by atoms with Crippen molar-refractivity contribution in [3.05, 3.63) is 0 Å². The van der Waals surface area contributed by atoms with Crippen molar-refractivity contribution in [3.8, 4) is 0 Å². The summed E-state index contributed by atoms with van der Waals surface area (Å²) in [4.78, 5) is 0. The summed E-state index contributed by atoms with van der Waals surface area (Å²) >= 11 is 0. The lowest BCUT2D eigenvalue weighted by atomic mass is 9.93. The highest BCUT2D eigenvalue weighted by molar-refractivity contribution is 5.97. The van der Waals surface area contributed by atoms with Crippen molar-refractivity contribution in [2.24, 2.45) is 5.41 Å². The summed E-state index contributed by atoms with van der Waals surface area (Å²) in [6.07, 6.45) is 0. The van der Waals surface area contributed by atoms with E-state index in [1.165, 1.54) is 13.8 Å². The van der Waals surface area contributed by atoms with E-state index < -0.39 is 17.2 Å². The first-order chi connectivity index (χ1) is 3.89. The van der Waals surface area contributed by atoms with Crippen LogP contribution in [0.3, 0.4) is 0 Å². The zero-order valence-corrected chi connectivity index (χ0v) is 7.77. The zero-order valence-electron chi connectivity index (χ0n) is 6.13.